The highest BCUT2D eigenvalue weighted by atomic mass is 32.2. The highest BCUT2D eigenvalue weighted by molar-refractivity contribution is 7.89. The number of anilines is 2. The molecule has 1 aromatic heterocycles. The summed E-state index contributed by atoms with van der Waals surface area (Å²) in [6.45, 7) is 3.54. The number of carbonyl (C=O) groups is 2. The van der Waals surface area contributed by atoms with Crippen LogP contribution in [0.15, 0.2) is 58.8 Å². The van der Waals surface area contributed by atoms with E-state index < -0.39 is 22.0 Å². The van der Waals surface area contributed by atoms with Gasteiger partial charge in [-0.05, 0) is 35.7 Å². The Kier molecular flexibility index (Phi) is 6.09. The molecule has 0 aliphatic carbocycles. The van der Waals surface area contributed by atoms with Crippen molar-refractivity contribution in [2.45, 2.75) is 31.2 Å². The largest absolute Gasteiger partial charge is 0.326 e. The summed E-state index contributed by atoms with van der Waals surface area (Å²) in [4.78, 5) is 29.0. The molecule has 1 unspecified atom stereocenters. The Morgan fingerprint density at radius 3 is 2.62 bits per heavy atom. The van der Waals surface area contributed by atoms with Gasteiger partial charge in [-0.15, -0.1) is 11.3 Å². The van der Waals surface area contributed by atoms with Crippen molar-refractivity contribution in [2.24, 2.45) is 5.92 Å². The van der Waals surface area contributed by atoms with Crippen LogP contribution in [0.1, 0.15) is 19.4 Å². The molecule has 1 atom stereocenters. The highest BCUT2D eigenvalue weighted by Gasteiger charge is 2.29. The average molecular weight is 471 g/mol. The molecule has 4 rings (SSSR count). The van der Waals surface area contributed by atoms with Gasteiger partial charge >= 0.3 is 0 Å². The van der Waals surface area contributed by atoms with Crippen LogP contribution >= 0.6 is 11.3 Å². The Bertz CT molecular complexity index is 1270. The highest BCUT2D eigenvalue weighted by Crippen LogP contribution is 2.31. The van der Waals surface area contributed by atoms with E-state index in [1.807, 2.05) is 18.2 Å². The van der Waals surface area contributed by atoms with E-state index in [2.05, 4.69) is 20.3 Å². The number of hydrogen-bond acceptors (Lipinski definition) is 6. The van der Waals surface area contributed by atoms with E-state index >= 15 is 0 Å². The zero-order valence-corrected chi connectivity index (χ0v) is 19.1. The summed E-state index contributed by atoms with van der Waals surface area (Å²) in [6, 6.07) is 12.6. The first-order chi connectivity index (χ1) is 15.2. The molecule has 1 aliphatic rings. The van der Waals surface area contributed by atoms with E-state index in [0.29, 0.717) is 17.2 Å². The topological polar surface area (TPSA) is 117 Å². The molecule has 10 heteroatoms. The minimum absolute atomic E-state index is 0.0407. The smallest absolute Gasteiger partial charge is 0.244 e. The average Bonchev–Trinajstić information content (AvgIpc) is 3.37. The molecule has 2 aromatic carbocycles. The summed E-state index contributed by atoms with van der Waals surface area (Å²) >= 11 is 1.25. The standard InChI is InChI=1S/C22H22N4O4S2/c1-13(2)20(26-32(29,30)16-6-4-3-5-7-16)21(28)25-22-24-18(12-31-22)14-8-9-17-15(10-14)11-19(27)23-17/h3-10,12-13,20,26H,11H2,1-2H3,(H,23,27)(H,24,25,28). The SMILES string of the molecule is CC(C)C(NS(=O)(=O)c1ccccc1)C(=O)Nc1nc(-c2ccc3c(c2)CC(=O)N3)cs1. The van der Waals surface area contributed by atoms with Gasteiger partial charge in [0, 0.05) is 16.6 Å². The number of carbonyl (C=O) groups excluding carboxylic acids is 2. The second kappa shape index (κ2) is 8.81. The zero-order chi connectivity index (χ0) is 22.9. The summed E-state index contributed by atoms with van der Waals surface area (Å²) in [6.07, 6.45) is 0.328. The molecule has 32 heavy (non-hydrogen) atoms. The summed E-state index contributed by atoms with van der Waals surface area (Å²) < 4.78 is 27.8. The van der Waals surface area contributed by atoms with E-state index in [1.54, 1.807) is 37.4 Å². The van der Waals surface area contributed by atoms with Crippen LogP contribution in [0.4, 0.5) is 10.8 Å². The molecule has 1 aliphatic heterocycles. The van der Waals surface area contributed by atoms with Crippen molar-refractivity contribution in [1.29, 1.82) is 0 Å². The van der Waals surface area contributed by atoms with Gasteiger partial charge in [0.2, 0.25) is 21.8 Å². The van der Waals surface area contributed by atoms with Gasteiger partial charge in [-0.1, -0.05) is 38.1 Å². The lowest BCUT2D eigenvalue weighted by Gasteiger charge is -2.21. The van der Waals surface area contributed by atoms with Crippen molar-refractivity contribution in [1.82, 2.24) is 9.71 Å². The van der Waals surface area contributed by atoms with Crippen molar-refractivity contribution >= 4 is 44.0 Å². The molecule has 2 amide bonds. The molecule has 0 saturated carbocycles. The van der Waals surface area contributed by atoms with Crippen LogP contribution in [0.3, 0.4) is 0 Å². The van der Waals surface area contributed by atoms with Crippen LogP contribution in [-0.2, 0) is 26.0 Å². The molecule has 8 nitrogen and oxygen atoms in total. The molecule has 166 valence electrons. The van der Waals surface area contributed by atoms with Crippen molar-refractivity contribution in [3.63, 3.8) is 0 Å². The Morgan fingerprint density at radius 2 is 1.91 bits per heavy atom. The molecule has 0 saturated heterocycles. The molecule has 0 spiro atoms. The van der Waals surface area contributed by atoms with Crippen LogP contribution in [0.2, 0.25) is 0 Å². The van der Waals surface area contributed by atoms with Gasteiger partial charge in [0.15, 0.2) is 5.13 Å². The summed E-state index contributed by atoms with van der Waals surface area (Å²) in [5.74, 6) is -0.806. The van der Waals surface area contributed by atoms with Crippen molar-refractivity contribution in [2.75, 3.05) is 10.6 Å². The minimum Gasteiger partial charge on any atom is -0.326 e. The number of thiazole rings is 1. The quantitative estimate of drug-likeness (QED) is 0.490. The number of amides is 2. The van der Waals surface area contributed by atoms with Crippen LogP contribution in [-0.4, -0.2) is 31.3 Å². The normalized spacial score (nSPS) is 14.2. The first-order valence-corrected chi connectivity index (χ1v) is 12.4. The predicted octanol–water partition coefficient (Wildman–Crippen LogP) is 3.25. The van der Waals surface area contributed by atoms with Crippen molar-refractivity contribution in [3.8, 4) is 11.3 Å². The fraction of sp³-hybridized carbons (Fsp3) is 0.227. The Balaban J connectivity index is 1.49. The summed E-state index contributed by atoms with van der Waals surface area (Å²) in [7, 11) is -3.85. The lowest BCUT2D eigenvalue weighted by molar-refractivity contribution is -0.118. The molecular formula is C22H22N4O4S2. The van der Waals surface area contributed by atoms with E-state index in [0.717, 1.165) is 16.8 Å². The number of hydrogen-bond donors (Lipinski definition) is 3. The van der Waals surface area contributed by atoms with Crippen LogP contribution < -0.4 is 15.4 Å². The van der Waals surface area contributed by atoms with Gasteiger partial charge < -0.3 is 10.6 Å². The van der Waals surface area contributed by atoms with Crippen LogP contribution in [0.25, 0.3) is 11.3 Å². The molecule has 0 bridgehead atoms. The number of nitrogens with zero attached hydrogens (tertiary/aromatic N) is 1. The number of benzene rings is 2. The maximum absolute atomic E-state index is 12.9. The lowest BCUT2D eigenvalue weighted by atomic mass is 10.1. The maximum atomic E-state index is 12.9. The Labute approximate surface area is 190 Å². The third kappa shape index (κ3) is 4.72. The minimum atomic E-state index is -3.85. The first-order valence-electron chi connectivity index (χ1n) is 10.00. The van der Waals surface area contributed by atoms with Gasteiger partial charge in [0.25, 0.3) is 0 Å². The number of aromatic nitrogens is 1. The Hall–Kier alpha value is -3.08. The second-order valence-corrected chi connectivity index (χ2v) is 10.4. The number of fused-ring (bicyclic) bond motifs is 1. The lowest BCUT2D eigenvalue weighted by Crippen LogP contribution is -2.47. The van der Waals surface area contributed by atoms with Gasteiger partial charge in [0.05, 0.1) is 17.0 Å². The molecule has 3 N–H and O–H groups in total. The maximum Gasteiger partial charge on any atom is 0.244 e. The van der Waals surface area contributed by atoms with E-state index in [4.69, 9.17) is 0 Å². The summed E-state index contributed by atoms with van der Waals surface area (Å²) in [5.41, 5.74) is 3.20. The molecule has 0 radical (unpaired) electrons. The number of sulfonamides is 1. The van der Waals surface area contributed by atoms with Gasteiger partial charge in [0.1, 0.15) is 6.04 Å². The van der Waals surface area contributed by atoms with E-state index in [1.165, 1.54) is 23.5 Å². The fourth-order valence-corrected chi connectivity index (χ4v) is 5.45. The molecular weight excluding hydrogens is 448 g/mol. The first kappa shape index (κ1) is 22.1. The zero-order valence-electron chi connectivity index (χ0n) is 17.5. The summed E-state index contributed by atoms with van der Waals surface area (Å²) in [5, 5.41) is 7.68. The third-order valence-corrected chi connectivity index (χ3v) is 7.26. The van der Waals surface area contributed by atoms with Crippen molar-refractivity contribution < 1.29 is 18.0 Å². The van der Waals surface area contributed by atoms with Crippen LogP contribution in [0.5, 0.6) is 0 Å². The van der Waals surface area contributed by atoms with Crippen LogP contribution in [0, 0.1) is 5.92 Å². The monoisotopic (exact) mass is 470 g/mol. The van der Waals surface area contributed by atoms with Gasteiger partial charge in [-0.3, -0.25) is 9.59 Å². The fourth-order valence-electron chi connectivity index (χ4n) is 3.36. The predicted molar refractivity (Wildman–Crippen MR) is 124 cm³/mol. The van der Waals surface area contributed by atoms with E-state index in [9.17, 15) is 18.0 Å². The molecule has 0 fully saturated rings. The van der Waals surface area contributed by atoms with Gasteiger partial charge in [-0.2, -0.15) is 4.72 Å². The number of nitrogens with one attached hydrogen (secondary N) is 3. The second-order valence-electron chi connectivity index (χ2n) is 7.78. The van der Waals surface area contributed by atoms with Gasteiger partial charge in [-0.25, -0.2) is 13.4 Å². The number of rotatable bonds is 7. The van der Waals surface area contributed by atoms with Crippen molar-refractivity contribution in [3.05, 3.63) is 59.5 Å². The third-order valence-electron chi connectivity index (χ3n) is 5.05. The van der Waals surface area contributed by atoms with E-state index in [-0.39, 0.29) is 16.7 Å². The molecule has 3 aromatic rings. The molecule has 2 heterocycles. The Morgan fingerprint density at radius 1 is 1.16 bits per heavy atom.